The molecule has 2 unspecified atom stereocenters. The van der Waals surface area contributed by atoms with Crippen molar-refractivity contribution in [2.45, 2.75) is 45.7 Å². The Morgan fingerprint density at radius 1 is 1.15 bits per heavy atom. The third kappa shape index (κ3) is 2.44. The van der Waals surface area contributed by atoms with Crippen LogP contribution in [0, 0.1) is 5.41 Å². The van der Waals surface area contributed by atoms with E-state index >= 15 is 0 Å². The van der Waals surface area contributed by atoms with Crippen LogP contribution in [0.1, 0.15) is 33.6 Å². The fraction of sp³-hybridized carbons (Fsp3) is 1.00. The Labute approximate surface area is 81.7 Å². The fourth-order valence-electron chi connectivity index (χ4n) is 2.69. The van der Waals surface area contributed by atoms with Gasteiger partial charge in [0.05, 0.1) is 0 Å². The molecular formula is C11H22N2. The van der Waals surface area contributed by atoms with Gasteiger partial charge < -0.3 is 5.32 Å². The normalized spacial score (nSPS) is 35.3. The van der Waals surface area contributed by atoms with Crippen molar-refractivity contribution in [3.8, 4) is 0 Å². The van der Waals surface area contributed by atoms with E-state index in [2.05, 4.69) is 31.0 Å². The molecule has 0 aliphatic carbocycles. The Morgan fingerprint density at radius 2 is 1.69 bits per heavy atom. The maximum absolute atomic E-state index is 3.66. The van der Waals surface area contributed by atoms with E-state index in [0.717, 1.165) is 12.1 Å². The molecule has 2 fully saturated rings. The van der Waals surface area contributed by atoms with E-state index in [1.807, 2.05) is 0 Å². The molecule has 0 radical (unpaired) electrons. The van der Waals surface area contributed by atoms with Gasteiger partial charge in [0.1, 0.15) is 0 Å². The zero-order valence-electron chi connectivity index (χ0n) is 9.14. The maximum Gasteiger partial charge on any atom is 0.0198 e. The summed E-state index contributed by atoms with van der Waals surface area (Å²) >= 11 is 0. The van der Waals surface area contributed by atoms with Crippen molar-refractivity contribution < 1.29 is 0 Å². The number of fused-ring (bicyclic) bond motifs is 2. The Kier molecular flexibility index (Phi) is 2.37. The molecule has 2 rings (SSSR count). The van der Waals surface area contributed by atoms with Crippen LogP contribution in [-0.2, 0) is 0 Å². The second kappa shape index (κ2) is 3.25. The highest BCUT2D eigenvalue weighted by atomic mass is 15.2. The summed E-state index contributed by atoms with van der Waals surface area (Å²) in [5, 5.41) is 3.66. The van der Waals surface area contributed by atoms with Gasteiger partial charge in [-0.05, 0) is 18.3 Å². The molecule has 2 atom stereocenters. The Balaban J connectivity index is 1.88. The van der Waals surface area contributed by atoms with Crippen LogP contribution >= 0.6 is 0 Å². The van der Waals surface area contributed by atoms with E-state index in [9.17, 15) is 0 Å². The van der Waals surface area contributed by atoms with Crippen molar-refractivity contribution >= 4 is 0 Å². The average Bonchev–Trinajstić information content (AvgIpc) is 2.27. The number of hydrogen-bond donors (Lipinski definition) is 1. The van der Waals surface area contributed by atoms with E-state index < -0.39 is 0 Å². The fourth-order valence-corrected chi connectivity index (χ4v) is 2.69. The molecule has 1 N–H and O–H groups in total. The molecule has 2 heterocycles. The van der Waals surface area contributed by atoms with Crippen molar-refractivity contribution in [2.75, 3.05) is 19.6 Å². The summed E-state index contributed by atoms with van der Waals surface area (Å²) in [4.78, 5) is 2.64. The van der Waals surface area contributed by atoms with Crippen LogP contribution in [0.4, 0.5) is 0 Å². The lowest BCUT2D eigenvalue weighted by Gasteiger charge is -2.36. The second-order valence-electron chi connectivity index (χ2n) is 5.89. The monoisotopic (exact) mass is 182 g/mol. The molecule has 2 nitrogen and oxygen atoms in total. The zero-order chi connectivity index (χ0) is 9.47. The summed E-state index contributed by atoms with van der Waals surface area (Å²) in [6, 6.07) is 1.59. The van der Waals surface area contributed by atoms with E-state index in [0.29, 0.717) is 5.41 Å². The lowest BCUT2D eigenvalue weighted by Crippen LogP contribution is -2.52. The first kappa shape index (κ1) is 9.47. The molecule has 2 heteroatoms. The van der Waals surface area contributed by atoms with Crippen molar-refractivity contribution in [3.05, 3.63) is 0 Å². The first-order valence-corrected chi connectivity index (χ1v) is 5.51. The lowest BCUT2D eigenvalue weighted by molar-refractivity contribution is 0.143. The van der Waals surface area contributed by atoms with Gasteiger partial charge in [-0.3, -0.25) is 4.90 Å². The van der Waals surface area contributed by atoms with Gasteiger partial charge in [0.25, 0.3) is 0 Å². The van der Waals surface area contributed by atoms with Crippen LogP contribution in [-0.4, -0.2) is 36.6 Å². The molecule has 13 heavy (non-hydrogen) atoms. The van der Waals surface area contributed by atoms with Gasteiger partial charge in [0.2, 0.25) is 0 Å². The van der Waals surface area contributed by atoms with E-state index in [1.165, 1.54) is 32.5 Å². The van der Waals surface area contributed by atoms with Gasteiger partial charge in [0, 0.05) is 31.7 Å². The summed E-state index contributed by atoms with van der Waals surface area (Å²) in [6.45, 7) is 10.8. The van der Waals surface area contributed by atoms with Crippen molar-refractivity contribution in [3.63, 3.8) is 0 Å². The maximum atomic E-state index is 3.66. The van der Waals surface area contributed by atoms with Crippen LogP contribution in [0.3, 0.4) is 0 Å². The number of nitrogens with zero attached hydrogens (tertiary/aromatic N) is 1. The summed E-state index contributed by atoms with van der Waals surface area (Å²) in [7, 11) is 0. The largest absolute Gasteiger partial charge is 0.309 e. The zero-order valence-corrected chi connectivity index (χ0v) is 9.14. The molecule has 2 aliphatic rings. The van der Waals surface area contributed by atoms with E-state index in [1.54, 1.807) is 0 Å². The van der Waals surface area contributed by atoms with E-state index in [-0.39, 0.29) is 0 Å². The van der Waals surface area contributed by atoms with Crippen molar-refractivity contribution in [1.82, 2.24) is 10.2 Å². The molecular weight excluding hydrogens is 160 g/mol. The predicted molar refractivity (Wildman–Crippen MR) is 55.8 cm³/mol. The molecule has 76 valence electrons. The standard InChI is InChI=1S/C11H22N2/c1-11(2,3)8-13-6-9-4-5-10(7-13)12-9/h9-10,12H,4-8H2,1-3H3. The van der Waals surface area contributed by atoms with Crippen LogP contribution in [0.15, 0.2) is 0 Å². The number of hydrogen-bond acceptors (Lipinski definition) is 2. The average molecular weight is 182 g/mol. The molecule has 2 aliphatic heterocycles. The quantitative estimate of drug-likeness (QED) is 0.660. The summed E-state index contributed by atoms with van der Waals surface area (Å²) in [6.07, 6.45) is 2.79. The Bertz CT molecular complexity index is 171. The lowest BCUT2D eigenvalue weighted by atomic mass is 9.95. The van der Waals surface area contributed by atoms with Gasteiger partial charge in [-0.15, -0.1) is 0 Å². The predicted octanol–water partition coefficient (Wildman–Crippen LogP) is 1.47. The Morgan fingerprint density at radius 3 is 2.15 bits per heavy atom. The molecule has 0 amide bonds. The third-order valence-corrected chi connectivity index (χ3v) is 2.99. The second-order valence-corrected chi connectivity index (χ2v) is 5.89. The molecule has 0 saturated carbocycles. The summed E-state index contributed by atoms with van der Waals surface area (Å²) in [5.74, 6) is 0. The molecule has 0 aromatic heterocycles. The first-order chi connectivity index (χ1) is 6.03. The smallest absolute Gasteiger partial charge is 0.0198 e. The van der Waals surface area contributed by atoms with Gasteiger partial charge in [-0.25, -0.2) is 0 Å². The highest BCUT2D eigenvalue weighted by Gasteiger charge is 2.33. The number of nitrogens with one attached hydrogen (secondary N) is 1. The number of rotatable bonds is 1. The SMILES string of the molecule is CC(C)(C)CN1CC2CCC(C1)N2. The van der Waals surface area contributed by atoms with Crippen LogP contribution in [0.2, 0.25) is 0 Å². The molecule has 0 aromatic rings. The Hall–Kier alpha value is -0.0800. The summed E-state index contributed by atoms with van der Waals surface area (Å²) < 4.78 is 0. The van der Waals surface area contributed by atoms with Gasteiger partial charge in [-0.1, -0.05) is 20.8 Å². The number of piperazine rings is 1. The molecule has 2 bridgehead atoms. The minimum absolute atomic E-state index is 0.455. The number of likely N-dealkylation sites (tertiary alicyclic amines) is 1. The highest BCUT2D eigenvalue weighted by molar-refractivity contribution is 4.93. The van der Waals surface area contributed by atoms with Gasteiger partial charge in [0.15, 0.2) is 0 Å². The highest BCUT2D eigenvalue weighted by Crippen LogP contribution is 2.23. The van der Waals surface area contributed by atoms with Gasteiger partial charge >= 0.3 is 0 Å². The molecule has 2 saturated heterocycles. The minimum atomic E-state index is 0.455. The van der Waals surface area contributed by atoms with Crippen LogP contribution < -0.4 is 5.32 Å². The minimum Gasteiger partial charge on any atom is -0.309 e. The van der Waals surface area contributed by atoms with E-state index in [4.69, 9.17) is 0 Å². The topological polar surface area (TPSA) is 15.3 Å². The molecule has 0 spiro atoms. The van der Waals surface area contributed by atoms with Crippen molar-refractivity contribution in [2.24, 2.45) is 5.41 Å². The van der Waals surface area contributed by atoms with Crippen LogP contribution in [0.25, 0.3) is 0 Å². The van der Waals surface area contributed by atoms with Gasteiger partial charge in [-0.2, -0.15) is 0 Å². The first-order valence-electron chi connectivity index (χ1n) is 5.51. The summed E-state index contributed by atoms with van der Waals surface area (Å²) in [5.41, 5.74) is 0.455. The van der Waals surface area contributed by atoms with Crippen LogP contribution in [0.5, 0.6) is 0 Å². The van der Waals surface area contributed by atoms with Crippen molar-refractivity contribution in [1.29, 1.82) is 0 Å². The molecule has 0 aromatic carbocycles. The third-order valence-electron chi connectivity index (χ3n) is 2.99.